The van der Waals surface area contributed by atoms with Gasteiger partial charge in [-0.15, -0.1) is 0 Å². The van der Waals surface area contributed by atoms with E-state index in [1.54, 1.807) is 7.11 Å². The summed E-state index contributed by atoms with van der Waals surface area (Å²) in [5, 5.41) is 1.13. The van der Waals surface area contributed by atoms with Crippen molar-refractivity contribution in [3.8, 4) is 5.75 Å². The zero-order valence-electron chi connectivity index (χ0n) is 10.8. The van der Waals surface area contributed by atoms with Crippen molar-refractivity contribution in [2.75, 3.05) is 7.11 Å². The van der Waals surface area contributed by atoms with E-state index in [0.717, 1.165) is 35.1 Å². The Labute approximate surface area is 107 Å². The summed E-state index contributed by atoms with van der Waals surface area (Å²) >= 11 is 0. The first-order valence-corrected chi connectivity index (χ1v) is 6.68. The number of benzene rings is 1. The Bertz CT molecular complexity index is 553. The van der Waals surface area contributed by atoms with Gasteiger partial charge < -0.3 is 15.5 Å². The van der Waals surface area contributed by atoms with Crippen LogP contribution in [-0.4, -0.2) is 12.1 Å². The van der Waals surface area contributed by atoms with Gasteiger partial charge in [-0.2, -0.15) is 0 Å². The van der Waals surface area contributed by atoms with Gasteiger partial charge in [0.05, 0.1) is 7.11 Å². The first kappa shape index (κ1) is 11.6. The number of aromatic nitrogens is 1. The summed E-state index contributed by atoms with van der Waals surface area (Å²) in [6.45, 7) is 0. The molecule has 1 aromatic carbocycles. The van der Waals surface area contributed by atoms with Gasteiger partial charge in [-0.1, -0.05) is 25.3 Å². The number of hydrogen-bond acceptors (Lipinski definition) is 2. The van der Waals surface area contributed by atoms with Gasteiger partial charge >= 0.3 is 0 Å². The van der Waals surface area contributed by atoms with Gasteiger partial charge in [0.15, 0.2) is 0 Å². The number of ether oxygens (including phenoxy) is 1. The summed E-state index contributed by atoms with van der Waals surface area (Å²) in [5.41, 5.74) is 8.68. The molecule has 0 aliphatic heterocycles. The topological polar surface area (TPSA) is 51.0 Å². The predicted molar refractivity (Wildman–Crippen MR) is 73.8 cm³/mol. The van der Waals surface area contributed by atoms with Crippen molar-refractivity contribution in [2.45, 2.75) is 37.6 Å². The Hall–Kier alpha value is -1.48. The molecule has 0 atom stereocenters. The van der Waals surface area contributed by atoms with Crippen LogP contribution in [0.25, 0.3) is 10.9 Å². The second-order valence-electron chi connectivity index (χ2n) is 5.30. The SMILES string of the molecule is COc1c(C2(N)CCCCC2)ccc2[nH]ccc12. The zero-order chi connectivity index (χ0) is 12.6. The molecular weight excluding hydrogens is 224 g/mol. The quantitative estimate of drug-likeness (QED) is 0.851. The van der Waals surface area contributed by atoms with Crippen molar-refractivity contribution in [3.63, 3.8) is 0 Å². The van der Waals surface area contributed by atoms with Gasteiger partial charge in [0.1, 0.15) is 5.75 Å². The monoisotopic (exact) mass is 244 g/mol. The molecule has 0 unspecified atom stereocenters. The van der Waals surface area contributed by atoms with Gasteiger partial charge in [-0.3, -0.25) is 0 Å². The van der Waals surface area contributed by atoms with Crippen LogP contribution in [0.4, 0.5) is 0 Å². The van der Waals surface area contributed by atoms with Gasteiger partial charge in [-0.25, -0.2) is 0 Å². The van der Waals surface area contributed by atoms with Crippen LogP contribution in [0, 0.1) is 0 Å². The fraction of sp³-hybridized carbons (Fsp3) is 0.467. The lowest BCUT2D eigenvalue weighted by molar-refractivity contribution is 0.290. The third-order valence-corrected chi connectivity index (χ3v) is 4.17. The Morgan fingerprint density at radius 1 is 1.17 bits per heavy atom. The molecule has 0 amide bonds. The number of rotatable bonds is 2. The zero-order valence-corrected chi connectivity index (χ0v) is 10.8. The maximum atomic E-state index is 6.63. The van der Waals surface area contributed by atoms with Gasteiger partial charge in [0.2, 0.25) is 0 Å². The summed E-state index contributed by atoms with van der Waals surface area (Å²) in [4.78, 5) is 3.22. The van der Waals surface area contributed by atoms with Crippen LogP contribution in [-0.2, 0) is 5.54 Å². The van der Waals surface area contributed by atoms with Crippen molar-refractivity contribution in [2.24, 2.45) is 5.73 Å². The summed E-state index contributed by atoms with van der Waals surface area (Å²) in [5.74, 6) is 0.943. The van der Waals surface area contributed by atoms with E-state index >= 15 is 0 Å². The highest BCUT2D eigenvalue weighted by Gasteiger charge is 2.32. The van der Waals surface area contributed by atoms with Crippen LogP contribution in [0.15, 0.2) is 24.4 Å². The number of aromatic amines is 1. The molecule has 0 bridgehead atoms. The van der Waals surface area contributed by atoms with E-state index in [2.05, 4.69) is 23.2 Å². The fourth-order valence-electron chi connectivity index (χ4n) is 3.17. The normalized spacial score (nSPS) is 19.0. The molecule has 1 fully saturated rings. The maximum Gasteiger partial charge on any atom is 0.133 e. The van der Waals surface area contributed by atoms with Crippen molar-refractivity contribution >= 4 is 10.9 Å². The Morgan fingerprint density at radius 2 is 1.94 bits per heavy atom. The summed E-state index contributed by atoms with van der Waals surface area (Å²) in [7, 11) is 1.73. The number of methoxy groups -OCH3 is 1. The average molecular weight is 244 g/mol. The molecule has 0 saturated heterocycles. The first-order chi connectivity index (χ1) is 8.74. The third-order valence-electron chi connectivity index (χ3n) is 4.17. The van der Waals surface area contributed by atoms with E-state index < -0.39 is 0 Å². The Kier molecular flexibility index (Phi) is 2.78. The number of fused-ring (bicyclic) bond motifs is 1. The molecule has 18 heavy (non-hydrogen) atoms. The van der Waals surface area contributed by atoms with E-state index in [4.69, 9.17) is 10.5 Å². The maximum absolute atomic E-state index is 6.63. The fourth-order valence-corrected chi connectivity index (χ4v) is 3.17. The molecule has 3 nitrogen and oxygen atoms in total. The van der Waals surface area contributed by atoms with Crippen LogP contribution in [0.5, 0.6) is 5.75 Å². The standard InChI is InChI=1S/C15H20N2O/c1-18-14-11-7-10-17-13(11)6-5-12(14)15(16)8-3-2-4-9-15/h5-7,10,17H,2-4,8-9,16H2,1H3. The molecule has 1 aromatic heterocycles. The van der Waals surface area contributed by atoms with Crippen LogP contribution < -0.4 is 10.5 Å². The van der Waals surface area contributed by atoms with E-state index in [-0.39, 0.29) is 5.54 Å². The number of hydrogen-bond donors (Lipinski definition) is 2. The lowest BCUT2D eigenvalue weighted by Crippen LogP contribution is -2.38. The highest BCUT2D eigenvalue weighted by Crippen LogP contribution is 2.42. The van der Waals surface area contributed by atoms with Crippen LogP contribution >= 0.6 is 0 Å². The number of nitrogens with two attached hydrogens (primary N) is 1. The molecule has 3 rings (SSSR count). The van der Waals surface area contributed by atoms with Gasteiger partial charge in [-0.05, 0) is 25.0 Å². The van der Waals surface area contributed by atoms with E-state index in [1.165, 1.54) is 19.3 Å². The highest BCUT2D eigenvalue weighted by atomic mass is 16.5. The molecule has 3 N–H and O–H groups in total. The summed E-state index contributed by atoms with van der Waals surface area (Å²) in [6, 6.07) is 6.29. The van der Waals surface area contributed by atoms with Crippen LogP contribution in [0.3, 0.4) is 0 Å². The predicted octanol–water partition coefficient (Wildman–Crippen LogP) is 3.29. The molecule has 1 heterocycles. The third kappa shape index (κ3) is 1.70. The van der Waals surface area contributed by atoms with E-state index in [0.29, 0.717) is 0 Å². The van der Waals surface area contributed by atoms with Crippen molar-refractivity contribution < 1.29 is 4.74 Å². The minimum absolute atomic E-state index is 0.213. The molecule has 3 heteroatoms. The van der Waals surface area contributed by atoms with Gasteiger partial charge in [0, 0.05) is 28.2 Å². The molecular formula is C15H20N2O. The minimum atomic E-state index is -0.213. The Balaban J connectivity index is 2.15. The van der Waals surface area contributed by atoms with E-state index in [9.17, 15) is 0 Å². The molecule has 0 radical (unpaired) electrons. The smallest absolute Gasteiger partial charge is 0.133 e. The summed E-state index contributed by atoms with van der Waals surface area (Å²) in [6.07, 6.45) is 7.78. The highest BCUT2D eigenvalue weighted by molar-refractivity contribution is 5.87. The molecule has 96 valence electrons. The second kappa shape index (κ2) is 4.32. The van der Waals surface area contributed by atoms with Crippen LogP contribution in [0.2, 0.25) is 0 Å². The Morgan fingerprint density at radius 3 is 2.67 bits per heavy atom. The molecule has 1 aliphatic carbocycles. The second-order valence-corrected chi connectivity index (χ2v) is 5.30. The average Bonchev–Trinajstić information content (AvgIpc) is 2.86. The van der Waals surface area contributed by atoms with E-state index in [1.807, 2.05) is 6.20 Å². The number of H-pyrrole nitrogens is 1. The lowest BCUT2D eigenvalue weighted by Gasteiger charge is -2.35. The molecule has 2 aromatic rings. The minimum Gasteiger partial charge on any atom is -0.496 e. The first-order valence-electron chi connectivity index (χ1n) is 6.68. The molecule has 0 spiro atoms. The largest absolute Gasteiger partial charge is 0.496 e. The molecule has 1 aliphatic rings. The van der Waals surface area contributed by atoms with Crippen molar-refractivity contribution in [1.29, 1.82) is 0 Å². The van der Waals surface area contributed by atoms with Gasteiger partial charge in [0.25, 0.3) is 0 Å². The van der Waals surface area contributed by atoms with Crippen molar-refractivity contribution in [3.05, 3.63) is 30.0 Å². The summed E-state index contributed by atoms with van der Waals surface area (Å²) < 4.78 is 5.64. The lowest BCUT2D eigenvalue weighted by atomic mass is 9.77. The van der Waals surface area contributed by atoms with Crippen molar-refractivity contribution in [1.82, 2.24) is 4.98 Å². The number of nitrogens with one attached hydrogen (secondary N) is 1. The van der Waals surface area contributed by atoms with Crippen LogP contribution in [0.1, 0.15) is 37.7 Å². The molecule has 1 saturated carbocycles.